The van der Waals surface area contributed by atoms with Crippen LogP contribution in [0.4, 0.5) is 15.8 Å². The summed E-state index contributed by atoms with van der Waals surface area (Å²) in [6, 6.07) is 8.85. The van der Waals surface area contributed by atoms with E-state index in [1.165, 1.54) is 30.3 Å². The molecule has 3 aromatic rings. The first-order valence-corrected chi connectivity index (χ1v) is 9.04. The molecule has 2 aromatic carbocycles. The van der Waals surface area contributed by atoms with Gasteiger partial charge in [0.05, 0.1) is 4.92 Å². The quantitative estimate of drug-likeness (QED) is 0.408. The van der Waals surface area contributed by atoms with Gasteiger partial charge in [-0.25, -0.2) is 4.39 Å². The van der Waals surface area contributed by atoms with Crippen LogP contribution in [0, 0.1) is 15.9 Å². The van der Waals surface area contributed by atoms with Crippen molar-refractivity contribution in [1.82, 2.24) is 9.88 Å². The number of nitro benzene ring substituents is 1. The number of benzene rings is 2. The fourth-order valence-corrected chi connectivity index (χ4v) is 3.87. The molecule has 1 saturated heterocycles. The molecule has 1 aliphatic rings. The molecule has 1 aliphatic heterocycles. The summed E-state index contributed by atoms with van der Waals surface area (Å²) in [7, 11) is 0. The van der Waals surface area contributed by atoms with E-state index in [9.17, 15) is 19.3 Å². The summed E-state index contributed by atoms with van der Waals surface area (Å²) in [5, 5.41) is 12.0. The lowest BCUT2D eigenvalue weighted by atomic mass is 9.89. The molecule has 8 heteroatoms. The van der Waals surface area contributed by atoms with Crippen LogP contribution < -0.4 is 5.73 Å². The number of nitrogen functional groups attached to an aromatic ring is 1. The molecular formula is C20H19FN4O3. The number of nitrogens with zero attached hydrogens (tertiary/aromatic N) is 2. The third kappa shape index (κ3) is 3.17. The SMILES string of the molecule is Nc1ccc(C(=O)N2CCC(c3c[nH]c4cc(F)ccc34)CC2)cc1[N+](=O)[O-]. The maximum Gasteiger partial charge on any atom is 0.292 e. The molecule has 3 N–H and O–H groups in total. The Balaban J connectivity index is 1.48. The molecule has 0 spiro atoms. The number of piperidine rings is 1. The molecule has 0 atom stereocenters. The number of hydrogen-bond donors (Lipinski definition) is 2. The summed E-state index contributed by atoms with van der Waals surface area (Å²) in [6.07, 6.45) is 3.45. The molecule has 1 amide bonds. The van der Waals surface area contributed by atoms with E-state index >= 15 is 0 Å². The number of likely N-dealkylation sites (tertiary alicyclic amines) is 1. The highest BCUT2D eigenvalue weighted by Crippen LogP contribution is 2.34. The molecular weight excluding hydrogens is 363 g/mol. The number of hydrogen-bond acceptors (Lipinski definition) is 4. The lowest BCUT2D eigenvalue weighted by Crippen LogP contribution is -2.37. The van der Waals surface area contributed by atoms with E-state index in [4.69, 9.17) is 5.73 Å². The molecule has 0 saturated carbocycles. The smallest absolute Gasteiger partial charge is 0.292 e. The average Bonchev–Trinajstić information content (AvgIpc) is 3.10. The van der Waals surface area contributed by atoms with Gasteiger partial charge < -0.3 is 15.6 Å². The number of fused-ring (bicyclic) bond motifs is 1. The number of aromatic nitrogens is 1. The molecule has 0 unspecified atom stereocenters. The minimum atomic E-state index is -0.585. The number of rotatable bonds is 3. The second kappa shape index (κ2) is 6.95. The van der Waals surface area contributed by atoms with E-state index in [0.29, 0.717) is 13.1 Å². The Bertz CT molecular complexity index is 1070. The Morgan fingerprint density at radius 1 is 1.21 bits per heavy atom. The standard InChI is InChI=1S/C20H19FN4O3/c21-14-2-3-15-16(11-23-18(15)10-14)12-5-7-24(8-6-12)20(26)13-1-4-17(22)19(9-13)25(27)28/h1-4,9-12,23H,5-8,22H2. The number of aromatic amines is 1. The van der Waals surface area contributed by atoms with Gasteiger partial charge in [0.2, 0.25) is 0 Å². The monoisotopic (exact) mass is 382 g/mol. The fourth-order valence-electron chi connectivity index (χ4n) is 3.87. The summed E-state index contributed by atoms with van der Waals surface area (Å²) in [5.74, 6) is -0.245. The summed E-state index contributed by atoms with van der Waals surface area (Å²) in [6.45, 7) is 1.10. The first kappa shape index (κ1) is 18.0. The Hall–Kier alpha value is -3.42. The summed E-state index contributed by atoms with van der Waals surface area (Å²) < 4.78 is 13.4. The molecule has 144 valence electrons. The summed E-state index contributed by atoms with van der Waals surface area (Å²) in [5.41, 5.74) is 7.55. The lowest BCUT2D eigenvalue weighted by Gasteiger charge is -2.32. The normalized spacial score (nSPS) is 15.1. The van der Waals surface area contributed by atoms with Gasteiger partial charge in [-0.3, -0.25) is 14.9 Å². The zero-order valence-corrected chi connectivity index (χ0v) is 15.0. The second-order valence-electron chi connectivity index (χ2n) is 7.03. The maximum absolute atomic E-state index is 13.4. The number of nitro groups is 1. The van der Waals surface area contributed by atoms with Gasteiger partial charge in [-0.2, -0.15) is 0 Å². The van der Waals surface area contributed by atoms with E-state index in [1.807, 2.05) is 6.20 Å². The number of anilines is 1. The van der Waals surface area contributed by atoms with Gasteiger partial charge in [0, 0.05) is 41.8 Å². The van der Waals surface area contributed by atoms with E-state index in [0.717, 1.165) is 29.3 Å². The van der Waals surface area contributed by atoms with Crippen LogP contribution in [0.25, 0.3) is 10.9 Å². The van der Waals surface area contributed by atoms with E-state index in [1.54, 1.807) is 11.0 Å². The van der Waals surface area contributed by atoms with Crippen molar-refractivity contribution in [3.8, 4) is 0 Å². The molecule has 2 heterocycles. The number of carbonyl (C=O) groups excluding carboxylic acids is 1. The van der Waals surface area contributed by atoms with Gasteiger partial charge in [0.25, 0.3) is 11.6 Å². The van der Waals surface area contributed by atoms with Crippen molar-refractivity contribution < 1.29 is 14.1 Å². The second-order valence-corrected chi connectivity index (χ2v) is 7.03. The van der Waals surface area contributed by atoms with Crippen molar-refractivity contribution in [1.29, 1.82) is 0 Å². The molecule has 1 aromatic heterocycles. The topological polar surface area (TPSA) is 105 Å². The third-order valence-electron chi connectivity index (χ3n) is 5.37. The molecule has 1 fully saturated rings. The highest BCUT2D eigenvalue weighted by Gasteiger charge is 2.27. The minimum Gasteiger partial charge on any atom is -0.393 e. The van der Waals surface area contributed by atoms with Gasteiger partial charge in [-0.1, -0.05) is 0 Å². The highest BCUT2D eigenvalue weighted by atomic mass is 19.1. The number of halogens is 1. The maximum atomic E-state index is 13.4. The predicted octanol–water partition coefficient (Wildman–Crippen LogP) is 3.82. The highest BCUT2D eigenvalue weighted by molar-refractivity contribution is 5.95. The van der Waals surface area contributed by atoms with Crippen LogP contribution in [0.3, 0.4) is 0 Å². The van der Waals surface area contributed by atoms with Crippen molar-refractivity contribution in [3.63, 3.8) is 0 Å². The molecule has 7 nitrogen and oxygen atoms in total. The summed E-state index contributed by atoms with van der Waals surface area (Å²) in [4.78, 5) is 28.0. The Labute approximate surface area is 160 Å². The van der Waals surface area contributed by atoms with Crippen molar-refractivity contribution in [2.24, 2.45) is 0 Å². The number of amides is 1. The largest absolute Gasteiger partial charge is 0.393 e. The first-order chi connectivity index (χ1) is 13.4. The molecule has 0 radical (unpaired) electrons. The van der Waals surface area contributed by atoms with Crippen molar-refractivity contribution >= 4 is 28.2 Å². The van der Waals surface area contributed by atoms with Gasteiger partial charge in [0.1, 0.15) is 11.5 Å². The van der Waals surface area contributed by atoms with Crippen LogP contribution in [-0.4, -0.2) is 33.8 Å². The lowest BCUT2D eigenvalue weighted by molar-refractivity contribution is -0.383. The van der Waals surface area contributed by atoms with E-state index in [2.05, 4.69) is 4.98 Å². The van der Waals surface area contributed by atoms with Crippen LogP contribution in [0.15, 0.2) is 42.6 Å². The van der Waals surface area contributed by atoms with Gasteiger partial charge in [-0.05, 0) is 54.7 Å². The zero-order chi connectivity index (χ0) is 19.8. The molecule has 0 bridgehead atoms. The molecule has 4 rings (SSSR count). The van der Waals surface area contributed by atoms with Crippen molar-refractivity contribution in [3.05, 3.63) is 69.7 Å². The fraction of sp³-hybridized carbons (Fsp3) is 0.250. The van der Waals surface area contributed by atoms with Gasteiger partial charge in [-0.15, -0.1) is 0 Å². The van der Waals surface area contributed by atoms with Crippen LogP contribution in [-0.2, 0) is 0 Å². The predicted molar refractivity (Wildman–Crippen MR) is 104 cm³/mol. The zero-order valence-electron chi connectivity index (χ0n) is 15.0. The minimum absolute atomic E-state index is 0.0380. The van der Waals surface area contributed by atoms with Gasteiger partial charge in [0.15, 0.2) is 0 Å². The van der Waals surface area contributed by atoms with Crippen LogP contribution in [0.2, 0.25) is 0 Å². The average molecular weight is 382 g/mol. The first-order valence-electron chi connectivity index (χ1n) is 9.04. The van der Waals surface area contributed by atoms with Gasteiger partial charge >= 0.3 is 0 Å². The Morgan fingerprint density at radius 3 is 2.68 bits per heavy atom. The third-order valence-corrected chi connectivity index (χ3v) is 5.37. The molecule has 0 aliphatic carbocycles. The van der Waals surface area contributed by atoms with Crippen LogP contribution in [0.1, 0.15) is 34.7 Å². The number of nitrogens with two attached hydrogens (primary N) is 1. The number of carbonyl (C=O) groups is 1. The van der Waals surface area contributed by atoms with E-state index < -0.39 is 4.92 Å². The van der Waals surface area contributed by atoms with Crippen molar-refractivity contribution in [2.75, 3.05) is 18.8 Å². The summed E-state index contributed by atoms with van der Waals surface area (Å²) >= 11 is 0. The Kier molecular flexibility index (Phi) is 4.46. The Morgan fingerprint density at radius 2 is 1.96 bits per heavy atom. The van der Waals surface area contributed by atoms with Crippen LogP contribution in [0.5, 0.6) is 0 Å². The molecule has 28 heavy (non-hydrogen) atoms. The number of H-pyrrole nitrogens is 1. The van der Waals surface area contributed by atoms with Crippen molar-refractivity contribution in [2.45, 2.75) is 18.8 Å². The van der Waals surface area contributed by atoms with Crippen LogP contribution >= 0.6 is 0 Å². The van der Waals surface area contributed by atoms with E-state index in [-0.39, 0.29) is 34.6 Å². The number of nitrogens with one attached hydrogen (secondary N) is 1.